The lowest BCUT2D eigenvalue weighted by atomic mass is 10.2. The molecule has 126 valence electrons. The second-order valence-corrected chi connectivity index (χ2v) is 8.82. The van der Waals surface area contributed by atoms with Crippen LogP contribution in [0.3, 0.4) is 0 Å². The Balaban J connectivity index is 1.80. The molecule has 3 rings (SSSR count). The SMILES string of the molecule is O=C(NC(C(=O)O)C1CC1)c1ccc(S(=O)(=O)c2ccccc2)s1. The third-order valence-corrected chi connectivity index (χ3v) is 7.12. The molecule has 2 aromatic rings. The van der Waals surface area contributed by atoms with Crippen LogP contribution in [0.25, 0.3) is 0 Å². The van der Waals surface area contributed by atoms with Crippen LogP contribution in [-0.2, 0) is 14.6 Å². The largest absolute Gasteiger partial charge is 0.480 e. The van der Waals surface area contributed by atoms with Crippen LogP contribution >= 0.6 is 11.3 Å². The van der Waals surface area contributed by atoms with Crippen molar-refractivity contribution < 1.29 is 23.1 Å². The molecule has 0 saturated heterocycles. The van der Waals surface area contributed by atoms with Crippen molar-refractivity contribution in [3.63, 3.8) is 0 Å². The Morgan fingerprint density at radius 3 is 2.38 bits per heavy atom. The minimum atomic E-state index is -3.68. The number of aliphatic carboxylic acids is 1. The van der Waals surface area contributed by atoms with Crippen LogP contribution < -0.4 is 5.32 Å². The van der Waals surface area contributed by atoms with Crippen LogP contribution in [0.4, 0.5) is 0 Å². The molecule has 1 atom stereocenters. The van der Waals surface area contributed by atoms with Gasteiger partial charge in [-0.2, -0.15) is 0 Å². The third kappa shape index (κ3) is 3.34. The Bertz CT molecular complexity index is 869. The van der Waals surface area contributed by atoms with Gasteiger partial charge in [0, 0.05) is 0 Å². The number of hydrogen-bond donors (Lipinski definition) is 2. The van der Waals surface area contributed by atoms with E-state index in [0.717, 1.165) is 24.2 Å². The van der Waals surface area contributed by atoms with E-state index < -0.39 is 27.8 Å². The van der Waals surface area contributed by atoms with E-state index in [9.17, 15) is 18.0 Å². The minimum absolute atomic E-state index is 0.0427. The molecular weight excluding hydrogens is 350 g/mol. The molecule has 1 heterocycles. The van der Waals surface area contributed by atoms with Gasteiger partial charge in [0.15, 0.2) is 0 Å². The second kappa shape index (κ2) is 6.37. The van der Waals surface area contributed by atoms with E-state index in [2.05, 4.69) is 5.32 Å². The zero-order chi connectivity index (χ0) is 17.3. The lowest BCUT2D eigenvalue weighted by molar-refractivity contribution is -0.139. The summed E-state index contributed by atoms with van der Waals surface area (Å²) in [5.41, 5.74) is 0. The third-order valence-electron chi connectivity index (χ3n) is 3.77. The molecule has 0 bridgehead atoms. The van der Waals surface area contributed by atoms with Gasteiger partial charge in [-0.05, 0) is 43.0 Å². The first kappa shape index (κ1) is 16.7. The van der Waals surface area contributed by atoms with E-state index >= 15 is 0 Å². The average Bonchev–Trinajstić information content (AvgIpc) is 3.27. The van der Waals surface area contributed by atoms with Gasteiger partial charge in [-0.1, -0.05) is 18.2 Å². The highest BCUT2D eigenvalue weighted by atomic mass is 32.2. The highest BCUT2D eigenvalue weighted by Crippen LogP contribution is 2.33. The fraction of sp³-hybridized carbons (Fsp3) is 0.250. The molecule has 1 aromatic carbocycles. The predicted octanol–water partition coefficient (Wildman–Crippen LogP) is 2.17. The van der Waals surface area contributed by atoms with Crippen LogP contribution in [0.15, 0.2) is 51.6 Å². The van der Waals surface area contributed by atoms with Crippen LogP contribution in [0.2, 0.25) is 0 Å². The van der Waals surface area contributed by atoms with Gasteiger partial charge < -0.3 is 10.4 Å². The number of carbonyl (C=O) groups excluding carboxylic acids is 1. The number of sulfone groups is 1. The van der Waals surface area contributed by atoms with Crippen molar-refractivity contribution in [2.75, 3.05) is 0 Å². The first-order chi connectivity index (χ1) is 11.4. The number of carbonyl (C=O) groups is 2. The first-order valence-corrected chi connectivity index (χ1v) is 9.63. The number of nitrogens with one attached hydrogen (secondary N) is 1. The summed E-state index contributed by atoms with van der Waals surface area (Å²) in [6.07, 6.45) is 1.55. The van der Waals surface area contributed by atoms with Crippen LogP contribution in [0.5, 0.6) is 0 Å². The summed E-state index contributed by atoms with van der Waals surface area (Å²) < 4.78 is 25.1. The van der Waals surface area contributed by atoms with Gasteiger partial charge in [0.25, 0.3) is 5.91 Å². The molecule has 24 heavy (non-hydrogen) atoms. The number of rotatable bonds is 6. The molecule has 1 aliphatic rings. The van der Waals surface area contributed by atoms with Crippen molar-refractivity contribution in [2.24, 2.45) is 5.92 Å². The normalized spacial score (nSPS) is 15.7. The number of thiophene rings is 1. The Labute approximate surface area is 143 Å². The van der Waals surface area contributed by atoms with E-state index in [1.807, 2.05) is 0 Å². The van der Waals surface area contributed by atoms with Crippen molar-refractivity contribution >= 4 is 33.1 Å². The monoisotopic (exact) mass is 365 g/mol. The minimum Gasteiger partial charge on any atom is -0.480 e. The zero-order valence-electron chi connectivity index (χ0n) is 12.5. The lowest BCUT2D eigenvalue weighted by Crippen LogP contribution is -2.42. The van der Waals surface area contributed by atoms with Gasteiger partial charge in [-0.25, -0.2) is 13.2 Å². The number of carboxylic acid groups (broad SMARTS) is 1. The molecule has 0 spiro atoms. The summed E-state index contributed by atoms with van der Waals surface area (Å²) in [5, 5.41) is 11.6. The number of benzene rings is 1. The summed E-state index contributed by atoms with van der Waals surface area (Å²) in [6.45, 7) is 0. The molecule has 1 aromatic heterocycles. The number of hydrogen-bond acceptors (Lipinski definition) is 5. The van der Waals surface area contributed by atoms with Crippen molar-refractivity contribution in [3.05, 3.63) is 47.3 Å². The van der Waals surface area contributed by atoms with Crippen LogP contribution in [0.1, 0.15) is 22.5 Å². The topological polar surface area (TPSA) is 101 Å². The standard InChI is InChI=1S/C16H15NO5S2/c18-15(17-14(16(19)20)10-6-7-10)12-8-9-13(23-12)24(21,22)11-4-2-1-3-5-11/h1-5,8-10,14H,6-7H2,(H,17,18)(H,19,20). The van der Waals surface area contributed by atoms with Crippen molar-refractivity contribution in [3.8, 4) is 0 Å². The zero-order valence-corrected chi connectivity index (χ0v) is 14.1. The molecule has 8 heteroatoms. The molecule has 1 amide bonds. The van der Waals surface area contributed by atoms with E-state index in [1.165, 1.54) is 24.3 Å². The van der Waals surface area contributed by atoms with E-state index in [0.29, 0.717) is 0 Å². The summed E-state index contributed by atoms with van der Waals surface area (Å²) in [5.74, 6) is -1.67. The second-order valence-electron chi connectivity index (χ2n) is 5.56. The highest BCUT2D eigenvalue weighted by Gasteiger charge is 2.37. The molecule has 0 radical (unpaired) electrons. The Morgan fingerprint density at radius 2 is 1.79 bits per heavy atom. The lowest BCUT2D eigenvalue weighted by Gasteiger charge is -2.12. The maximum Gasteiger partial charge on any atom is 0.326 e. The van der Waals surface area contributed by atoms with Crippen molar-refractivity contribution in [1.29, 1.82) is 0 Å². The van der Waals surface area contributed by atoms with Gasteiger partial charge in [0.2, 0.25) is 9.84 Å². The molecule has 1 unspecified atom stereocenters. The van der Waals surface area contributed by atoms with Crippen molar-refractivity contribution in [2.45, 2.75) is 28.0 Å². The van der Waals surface area contributed by atoms with Gasteiger partial charge in [0.1, 0.15) is 10.3 Å². The quantitative estimate of drug-likeness (QED) is 0.817. The van der Waals surface area contributed by atoms with E-state index in [4.69, 9.17) is 5.11 Å². The average molecular weight is 365 g/mol. The summed E-state index contributed by atoms with van der Waals surface area (Å²) in [6, 6.07) is 9.80. The smallest absolute Gasteiger partial charge is 0.326 e. The van der Waals surface area contributed by atoms with Crippen LogP contribution in [-0.4, -0.2) is 31.4 Å². The molecule has 6 nitrogen and oxygen atoms in total. The summed E-state index contributed by atoms with van der Waals surface area (Å²) in [7, 11) is -3.68. The number of amides is 1. The Kier molecular flexibility index (Phi) is 4.42. The molecule has 1 saturated carbocycles. The molecule has 0 aliphatic heterocycles. The Hall–Kier alpha value is -2.19. The van der Waals surface area contributed by atoms with Gasteiger partial charge in [-0.15, -0.1) is 11.3 Å². The molecular formula is C16H15NO5S2. The highest BCUT2D eigenvalue weighted by molar-refractivity contribution is 7.93. The molecule has 1 aliphatic carbocycles. The maximum atomic E-state index is 12.5. The van der Waals surface area contributed by atoms with Gasteiger partial charge >= 0.3 is 5.97 Å². The van der Waals surface area contributed by atoms with Crippen molar-refractivity contribution in [1.82, 2.24) is 5.32 Å². The summed E-state index contributed by atoms with van der Waals surface area (Å²) >= 11 is 0.836. The van der Waals surface area contributed by atoms with E-state index in [1.54, 1.807) is 18.2 Å². The molecule has 2 N–H and O–H groups in total. The Morgan fingerprint density at radius 1 is 1.12 bits per heavy atom. The maximum absolute atomic E-state index is 12.5. The van der Waals surface area contributed by atoms with Crippen LogP contribution in [0, 0.1) is 5.92 Å². The molecule has 1 fully saturated rings. The predicted molar refractivity (Wildman–Crippen MR) is 87.8 cm³/mol. The van der Waals surface area contributed by atoms with Gasteiger partial charge in [-0.3, -0.25) is 4.79 Å². The fourth-order valence-corrected chi connectivity index (χ4v) is 4.96. The summed E-state index contributed by atoms with van der Waals surface area (Å²) in [4.78, 5) is 23.7. The number of carboxylic acids is 1. The van der Waals surface area contributed by atoms with Gasteiger partial charge in [0.05, 0.1) is 9.77 Å². The fourth-order valence-electron chi connectivity index (χ4n) is 2.33. The first-order valence-electron chi connectivity index (χ1n) is 7.33. The van der Waals surface area contributed by atoms with E-state index in [-0.39, 0.29) is 19.9 Å².